The van der Waals surface area contributed by atoms with Crippen LogP contribution in [0.1, 0.15) is 36.7 Å². The van der Waals surface area contributed by atoms with Gasteiger partial charge in [-0.15, -0.1) is 0 Å². The first-order valence-corrected chi connectivity index (χ1v) is 10.8. The summed E-state index contributed by atoms with van der Waals surface area (Å²) in [5, 5.41) is 18.3. The Morgan fingerprint density at radius 2 is 2.00 bits per heavy atom. The summed E-state index contributed by atoms with van der Waals surface area (Å²) < 4.78 is 5.75. The molecule has 1 aromatic carbocycles. The third kappa shape index (κ3) is 7.97. The quantitative estimate of drug-likeness (QED) is 0.498. The zero-order chi connectivity index (χ0) is 23.7. The molecule has 0 unspecified atom stereocenters. The van der Waals surface area contributed by atoms with Crippen molar-refractivity contribution >= 4 is 17.7 Å². The summed E-state index contributed by atoms with van der Waals surface area (Å²) in [5.74, 6) is -0.610. The molecule has 176 valence electrons. The highest BCUT2D eigenvalue weighted by Crippen LogP contribution is 2.19. The number of aliphatic hydroxyl groups excluding tert-OH is 1. The molecule has 3 amide bonds. The molecule has 32 heavy (non-hydrogen) atoms. The van der Waals surface area contributed by atoms with E-state index in [9.17, 15) is 19.5 Å². The van der Waals surface area contributed by atoms with Crippen LogP contribution in [0.25, 0.3) is 0 Å². The Bertz CT molecular complexity index is 849. The van der Waals surface area contributed by atoms with Gasteiger partial charge in [0, 0.05) is 25.2 Å². The van der Waals surface area contributed by atoms with Gasteiger partial charge in [0.25, 0.3) is 5.91 Å². The molecule has 0 saturated carbocycles. The lowest BCUT2D eigenvalue weighted by Crippen LogP contribution is -2.53. The molecule has 2 rings (SSSR count). The largest absolute Gasteiger partial charge is 0.491 e. The number of amides is 3. The van der Waals surface area contributed by atoms with Crippen molar-refractivity contribution < 1.29 is 24.2 Å². The normalized spacial score (nSPS) is 20.2. The summed E-state index contributed by atoms with van der Waals surface area (Å²) in [5.41, 5.74) is 2.27. The van der Waals surface area contributed by atoms with E-state index >= 15 is 0 Å². The number of hydrogen-bond donors (Lipinski definition) is 4. The van der Waals surface area contributed by atoms with E-state index in [2.05, 4.69) is 16.0 Å². The summed E-state index contributed by atoms with van der Waals surface area (Å²) in [4.78, 5) is 39.6. The summed E-state index contributed by atoms with van der Waals surface area (Å²) in [7, 11) is 0. The molecule has 4 N–H and O–H groups in total. The number of ether oxygens (including phenoxy) is 1. The number of allylic oxidation sites excluding steroid dienone is 1. The Morgan fingerprint density at radius 1 is 1.25 bits per heavy atom. The van der Waals surface area contributed by atoms with Gasteiger partial charge in [-0.2, -0.15) is 0 Å². The van der Waals surface area contributed by atoms with E-state index in [1.54, 1.807) is 18.2 Å². The fourth-order valence-corrected chi connectivity index (χ4v) is 3.13. The van der Waals surface area contributed by atoms with Gasteiger partial charge in [-0.25, -0.2) is 0 Å². The average Bonchev–Trinajstić information content (AvgIpc) is 2.73. The smallest absolute Gasteiger partial charge is 0.252 e. The molecular weight excluding hydrogens is 412 g/mol. The predicted molar refractivity (Wildman–Crippen MR) is 121 cm³/mol. The highest BCUT2D eigenvalue weighted by molar-refractivity contribution is 5.98. The maximum atomic E-state index is 12.7. The SMILES string of the molecule is CC(C)=CCN1CCNC(=O)[C@H]([C@@H](C)O)NC(=O)c2ccc(C)c(c2)OCCNC(=O)C1. The molecule has 0 aliphatic carbocycles. The molecule has 0 aromatic heterocycles. The second kappa shape index (κ2) is 12.2. The fraction of sp³-hybridized carbons (Fsp3) is 0.522. The number of carbonyl (C=O) groups is 3. The predicted octanol–water partition coefficient (Wildman–Crippen LogP) is 0.367. The fourth-order valence-electron chi connectivity index (χ4n) is 3.13. The second-order valence-electron chi connectivity index (χ2n) is 8.18. The summed E-state index contributed by atoms with van der Waals surface area (Å²) in [6.45, 7) is 9.26. The van der Waals surface area contributed by atoms with Gasteiger partial charge in [-0.1, -0.05) is 17.7 Å². The Labute approximate surface area is 189 Å². The molecule has 1 heterocycles. The standard InChI is InChI=1S/C23H34N4O5/c1-15(2)7-10-27-11-8-25-23(31)21(17(4)28)26-22(30)18-6-5-16(3)19(13-18)32-12-9-24-20(29)14-27/h5-7,13,17,21,28H,8-12,14H2,1-4H3,(H,24,29)(H,25,31)(H,26,30)/t17-,21+/m1/s1. The van der Waals surface area contributed by atoms with Crippen LogP contribution in [0.4, 0.5) is 0 Å². The molecule has 1 aliphatic rings. The van der Waals surface area contributed by atoms with E-state index in [1.807, 2.05) is 31.7 Å². The van der Waals surface area contributed by atoms with Crippen molar-refractivity contribution in [3.05, 3.63) is 41.0 Å². The van der Waals surface area contributed by atoms with Gasteiger partial charge in [0.05, 0.1) is 19.2 Å². The van der Waals surface area contributed by atoms with Gasteiger partial charge in [-0.3, -0.25) is 19.3 Å². The van der Waals surface area contributed by atoms with Crippen LogP contribution < -0.4 is 20.7 Å². The monoisotopic (exact) mass is 446 g/mol. The lowest BCUT2D eigenvalue weighted by Gasteiger charge is -2.23. The van der Waals surface area contributed by atoms with E-state index < -0.39 is 24.0 Å². The van der Waals surface area contributed by atoms with Crippen LogP contribution in [0, 0.1) is 6.92 Å². The first-order valence-electron chi connectivity index (χ1n) is 10.8. The first kappa shape index (κ1) is 25.4. The van der Waals surface area contributed by atoms with E-state index in [0.29, 0.717) is 30.9 Å². The molecule has 1 aliphatic heterocycles. The third-order valence-corrected chi connectivity index (χ3v) is 5.04. The molecule has 0 fully saturated rings. The van der Waals surface area contributed by atoms with Crippen molar-refractivity contribution in [2.45, 2.75) is 39.8 Å². The zero-order valence-electron chi connectivity index (χ0n) is 19.2. The number of rotatable bonds is 3. The molecule has 2 bridgehead atoms. The van der Waals surface area contributed by atoms with Crippen molar-refractivity contribution in [3.63, 3.8) is 0 Å². The van der Waals surface area contributed by atoms with E-state index in [1.165, 1.54) is 6.92 Å². The molecule has 9 heteroatoms. The lowest BCUT2D eigenvalue weighted by molar-refractivity contribution is -0.125. The number of hydrogen-bond acceptors (Lipinski definition) is 6. The highest BCUT2D eigenvalue weighted by Gasteiger charge is 2.26. The Balaban J connectivity index is 2.23. The summed E-state index contributed by atoms with van der Waals surface area (Å²) in [6.07, 6.45) is 0.921. The molecule has 9 nitrogen and oxygen atoms in total. The molecule has 2 atom stereocenters. The van der Waals surface area contributed by atoms with Gasteiger partial charge in [0.1, 0.15) is 18.4 Å². The van der Waals surface area contributed by atoms with E-state index in [4.69, 9.17) is 4.74 Å². The number of fused-ring (bicyclic) bond motifs is 2. The van der Waals surface area contributed by atoms with E-state index in [0.717, 1.165) is 11.1 Å². The number of nitrogens with one attached hydrogen (secondary N) is 3. The van der Waals surface area contributed by atoms with E-state index in [-0.39, 0.29) is 25.6 Å². The van der Waals surface area contributed by atoms with Gasteiger partial charge in [0.2, 0.25) is 11.8 Å². The molecule has 0 radical (unpaired) electrons. The number of benzene rings is 1. The summed E-state index contributed by atoms with van der Waals surface area (Å²) >= 11 is 0. The number of aliphatic hydroxyl groups is 1. The molecular formula is C23H34N4O5. The van der Waals surface area contributed by atoms with Crippen molar-refractivity contribution in [2.75, 3.05) is 39.3 Å². The lowest BCUT2D eigenvalue weighted by atomic mass is 10.1. The number of aryl methyl sites for hydroxylation is 1. The van der Waals surface area contributed by atoms with Gasteiger partial charge >= 0.3 is 0 Å². The summed E-state index contributed by atoms with van der Waals surface area (Å²) in [6, 6.07) is 3.85. The number of carbonyl (C=O) groups excluding carboxylic acids is 3. The van der Waals surface area contributed by atoms with Crippen LogP contribution in [0.3, 0.4) is 0 Å². The van der Waals surface area contributed by atoms with Crippen molar-refractivity contribution in [2.24, 2.45) is 0 Å². The molecule has 1 aromatic rings. The molecule has 0 saturated heterocycles. The highest BCUT2D eigenvalue weighted by atomic mass is 16.5. The van der Waals surface area contributed by atoms with Crippen LogP contribution in [0.2, 0.25) is 0 Å². The second-order valence-corrected chi connectivity index (χ2v) is 8.18. The zero-order valence-corrected chi connectivity index (χ0v) is 19.2. The van der Waals surface area contributed by atoms with Gasteiger partial charge < -0.3 is 25.8 Å². The van der Waals surface area contributed by atoms with Crippen LogP contribution in [0.15, 0.2) is 29.8 Å². The van der Waals surface area contributed by atoms with Crippen molar-refractivity contribution in [3.8, 4) is 5.75 Å². The van der Waals surface area contributed by atoms with Crippen molar-refractivity contribution in [1.82, 2.24) is 20.9 Å². The Hall–Kier alpha value is -2.91. The van der Waals surface area contributed by atoms with Gasteiger partial charge in [-0.05, 0) is 45.4 Å². The van der Waals surface area contributed by atoms with Crippen LogP contribution in [0.5, 0.6) is 5.75 Å². The van der Waals surface area contributed by atoms with Gasteiger partial charge in [0.15, 0.2) is 0 Å². The van der Waals surface area contributed by atoms with Crippen LogP contribution in [-0.4, -0.2) is 79.2 Å². The Kier molecular flexibility index (Phi) is 9.67. The molecule has 0 spiro atoms. The first-order chi connectivity index (χ1) is 15.2. The van der Waals surface area contributed by atoms with Crippen LogP contribution >= 0.6 is 0 Å². The van der Waals surface area contributed by atoms with Crippen LogP contribution in [-0.2, 0) is 9.59 Å². The topological polar surface area (TPSA) is 120 Å². The number of nitrogens with zero attached hydrogens (tertiary/aromatic N) is 1. The average molecular weight is 447 g/mol. The minimum Gasteiger partial charge on any atom is -0.491 e. The Morgan fingerprint density at radius 3 is 2.69 bits per heavy atom. The minimum absolute atomic E-state index is 0.143. The minimum atomic E-state index is -1.11. The third-order valence-electron chi connectivity index (χ3n) is 5.04. The maximum Gasteiger partial charge on any atom is 0.252 e. The van der Waals surface area contributed by atoms with Crippen molar-refractivity contribution in [1.29, 1.82) is 0 Å². The maximum absolute atomic E-state index is 12.7.